The summed E-state index contributed by atoms with van der Waals surface area (Å²) in [5.41, 5.74) is 1.08. The fourth-order valence-corrected chi connectivity index (χ4v) is 1.03. The first-order valence-corrected chi connectivity index (χ1v) is 4.33. The van der Waals surface area contributed by atoms with Gasteiger partial charge in [-0.25, -0.2) is 0 Å². The molecule has 1 rings (SSSR count). The van der Waals surface area contributed by atoms with Crippen molar-refractivity contribution in [2.45, 2.75) is 32.7 Å². The molecule has 0 atom stereocenters. The van der Waals surface area contributed by atoms with Crippen LogP contribution in [-0.4, -0.2) is 16.5 Å². The molecule has 0 radical (unpaired) electrons. The second-order valence-corrected chi connectivity index (χ2v) is 3.20. The lowest BCUT2D eigenvalue weighted by Gasteiger charge is -1.99. The van der Waals surface area contributed by atoms with E-state index in [2.05, 4.69) is 18.9 Å². The molecule has 0 amide bonds. The smallest absolute Gasteiger partial charge is 0.0912 e. The normalized spacial score (nSPS) is 11.0. The highest BCUT2D eigenvalue weighted by Crippen LogP contribution is 2.10. The number of aromatic nitrogens is 2. The third kappa shape index (κ3) is 2.32. The quantitative estimate of drug-likeness (QED) is 0.678. The van der Waals surface area contributed by atoms with E-state index in [0.717, 1.165) is 5.69 Å². The fraction of sp³-hybridized carbons (Fsp3) is 0.667. The highest BCUT2D eigenvalue weighted by molar-refractivity contribution is 5.03. The molecule has 0 bridgehead atoms. The van der Waals surface area contributed by atoms with E-state index >= 15 is 0 Å². The minimum Gasteiger partial charge on any atom is -0.272 e. The molecule has 0 aliphatic carbocycles. The van der Waals surface area contributed by atoms with Gasteiger partial charge >= 0.3 is 0 Å². The summed E-state index contributed by atoms with van der Waals surface area (Å²) in [6.07, 6.45) is 2.46. The van der Waals surface area contributed by atoms with Crippen LogP contribution in [0.15, 0.2) is 12.3 Å². The lowest BCUT2D eigenvalue weighted by Crippen LogP contribution is -2.00. The molecule has 68 valence electrons. The van der Waals surface area contributed by atoms with Crippen molar-refractivity contribution in [3.8, 4) is 0 Å². The van der Waals surface area contributed by atoms with Crippen LogP contribution in [0.2, 0.25) is 0 Å². The van der Waals surface area contributed by atoms with Crippen LogP contribution in [0.3, 0.4) is 0 Å². The van der Waals surface area contributed by atoms with Crippen LogP contribution in [0.25, 0.3) is 0 Å². The molecular formula is C9H15FN2. The van der Waals surface area contributed by atoms with Crippen molar-refractivity contribution in [3.05, 3.63) is 18.0 Å². The van der Waals surface area contributed by atoms with Gasteiger partial charge in [-0.1, -0.05) is 13.8 Å². The number of nitrogens with zero attached hydrogens (tertiary/aromatic N) is 2. The number of aryl methyl sites for hydroxylation is 1. The molecule has 0 aliphatic rings. The summed E-state index contributed by atoms with van der Waals surface area (Å²) in [4.78, 5) is 0. The lowest BCUT2D eigenvalue weighted by atomic mass is 10.1. The van der Waals surface area contributed by atoms with Crippen LogP contribution in [0.1, 0.15) is 31.9 Å². The van der Waals surface area contributed by atoms with Gasteiger partial charge in [0.25, 0.3) is 0 Å². The summed E-state index contributed by atoms with van der Waals surface area (Å²) in [6.45, 7) is 4.61. The van der Waals surface area contributed by atoms with E-state index in [1.165, 1.54) is 0 Å². The molecule has 0 saturated carbocycles. The van der Waals surface area contributed by atoms with E-state index in [4.69, 9.17) is 0 Å². The number of hydrogen-bond acceptors (Lipinski definition) is 1. The van der Waals surface area contributed by atoms with E-state index in [9.17, 15) is 4.39 Å². The minimum atomic E-state index is -0.267. The summed E-state index contributed by atoms with van der Waals surface area (Å²) >= 11 is 0. The Morgan fingerprint density at radius 3 is 2.83 bits per heavy atom. The molecule has 0 spiro atoms. The summed E-state index contributed by atoms with van der Waals surface area (Å²) in [5, 5.41) is 4.30. The van der Waals surface area contributed by atoms with Gasteiger partial charge in [0.15, 0.2) is 0 Å². The average Bonchev–Trinajstić information content (AvgIpc) is 2.48. The number of halogens is 1. The zero-order valence-electron chi connectivity index (χ0n) is 7.63. The van der Waals surface area contributed by atoms with Crippen molar-refractivity contribution in [3.63, 3.8) is 0 Å². The molecule has 1 aromatic heterocycles. The predicted octanol–water partition coefficient (Wildman–Crippen LogP) is 2.37. The molecular weight excluding hydrogens is 155 g/mol. The van der Waals surface area contributed by atoms with Gasteiger partial charge in [-0.15, -0.1) is 0 Å². The van der Waals surface area contributed by atoms with Crippen LogP contribution in [0, 0.1) is 0 Å². The fourth-order valence-electron chi connectivity index (χ4n) is 1.03. The van der Waals surface area contributed by atoms with Crippen molar-refractivity contribution in [2.75, 3.05) is 6.67 Å². The van der Waals surface area contributed by atoms with Crippen molar-refractivity contribution in [2.24, 2.45) is 0 Å². The maximum Gasteiger partial charge on any atom is 0.0912 e. The first kappa shape index (κ1) is 9.23. The van der Waals surface area contributed by atoms with E-state index < -0.39 is 0 Å². The Labute approximate surface area is 72.4 Å². The summed E-state index contributed by atoms with van der Waals surface area (Å²) in [7, 11) is 0. The second-order valence-electron chi connectivity index (χ2n) is 3.20. The molecule has 3 heteroatoms. The van der Waals surface area contributed by atoms with Crippen molar-refractivity contribution in [1.29, 1.82) is 0 Å². The van der Waals surface area contributed by atoms with Gasteiger partial charge in [0.2, 0.25) is 0 Å². The second kappa shape index (κ2) is 4.24. The highest BCUT2D eigenvalue weighted by Gasteiger charge is 2.02. The molecule has 12 heavy (non-hydrogen) atoms. The first-order chi connectivity index (χ1) is 5.74. The summed E-state index contributed by atoms with van der Waals surface area (Å²) in [5.74, 6) is 0.455. The maximum atomic E-state index is 11.8. The zero-order chi connectivity index (χ0) is 8.97. The van der Waals surface area contributed by atoms with Gasteiger partial charge < -0.3 is 0 Å². The summed E-state index contributed by atoms with van der Waals surface area (Å²) in [6, 6.07) is 1.99. The van der Waals surface area contributed by atoms with E-state index in [1.807, 2.05) is 12.3 Å². The first-order valence-electron chi connectivity index (χ1n) is 4.33. The SMILES string of the molecule is CC(C)c1ccn(CCCF)n1. The van der Waals surface area contributed by atoms with Crippen molar-refractivity contribution >= 4 is 0 Å². The Hall–Kier alpha value is -0.860. The topological polar surface area (TPSA) is 17.8 Å². The van der Waals surface area contributed by atoms with Gasteiger partial charge in [-0.2, -0.15) is 5.10 Å². The highest BCUT2D eigenvalue weighted by atomic mass is 19.1. The molecule has 2 nitrogen and oxygen atoms in total. The molecule has 0 saturated heterocycles. The largest absolute Gasteiger partial charge is 0.272 e. The van der Waals surface area contributed by atoms with Crippen LogP contribution < -0.4 is 0 Å². The van der Waals surface area contributed by atoms with Crippen molar-refractivity contribution < 1.29 is 4.39 Å². The average molecular weight is 170 g/mol. The monoisotopic (exact) mass is 170 g/mol. The zero-order valence-corrected chi connectivity index (χ0v) is 7.63. The minimum absolute atomic E-state index is 0.267. The van der Waals surface area contributed by atoms with E-state index in [0.29, 0.717) is 18.9 Å². The molecule has 0 aliphatic heterocycles. The Morgan fingerprint density at radius 2 is 2.33 bits per heavy atom. The molecule has 0 N–H and O–H groups in total. The molecule has 0 aromatic carbocycles. The molecule has 1 heterocycles. The van der Waals surface area contributed by atoms with Crippen LogP contribution in [0.4, 0.5) is 4.39 Å². The number of rotatable bonds is 4. The Morgan fingerprint density at radius 1 is 1.58 bits per heavy atom. The third-order valence-corrected chi connectivity index (χ3v) is 1.77. The van der Waals surface area contributed by atoms with Gasteiger partial charge in [-0.05, 0) is 18.4 Å². The van der Waals surface area contributed by atoms with E-state index in [-0.39, 0.29) is 6.67 Å². The Kier molecular flexibility index (Phi) is 3.26. The third-order valence-electron chi connectivity index (χ3n) is 1.77. The van der Waals surface area contributed by atoms with Gasteiger partial charge in [0.1, 0.15) is 0 Å². The van der Waals surface area contributed by atoms with Crippen LogP contribution in [0.5, 0.6) is 0 Å². The summed E-state index contributed by atoms with van der Waals surface area (Å²) < 4.78 is 13.6. The Balaban J connectivity index is 2.52. The standard InChI is InChI=1S/C9H15FN2/c1-8(2)9-4-7-12(11-9)6-3-5-10/h4,7-8H,3,5-6H2,1-2H3. The van der Waals surface area contributed by atoms with Gasteiger partial charge in [0, 0.05) is 12.7 Å². The van der Waals surface area contributed by atoms with Crippen LogP contribution >= 0.6 is 0 Å². The van der Waals surface area contributed by atoms with Crippen LogP contribution in [-0.2, 0) is 6.54 Å². The Bertz CT molecular complexity index is 230. The molecule has 0 unspecified atom stereocenters. The number of hydrogen-bond donors (Lipinski definition) is 0. The molecule has 0 fully saturated rings. The van der Waals surface area contributed by atoms with Gasteiger partial charge in [0.05, 0.1) is 12.4 Å². The van der Waals surface area contributed by atoms with E-state index in [1.54, 1.807) is 4.68 Å². The van der Waals surface area contributed by atoms with Gasteiger partial charge in [-0.3, -0.25) is 9.07 Å². The molecule has 1 aromatic rings. The maximum absolute atomic E-state index is 11.8. The lowest BCUT2D eigenvalue weighted by molar-refractivity contribution is 0.433. The number of alkyl halides is 1. The van der Waals surface area contributed by atoms with Crippen molar-refractivity contribution in [1.82, 2.24) is 9.78 Å². The predicted molar refractivity (Wildman–Crippen MR) is 46.9 cm³/mol.